The monoisotopic (exact) mass is 294 g/mol. The third-order valence-corrected chi connectivity index (χ3v) is 4.30. The fourth-order valence-electron chi connectivity index (χ4n) is 3.67. The zero-order chi connectivity index (χ0) is 15.8. The van der Waals surface area contributed by atoms with Gasteiger partial charge in [-0.3, -0.25) is 4.79 Å². The van der Waals surface area contributed by atoms with E-state index in [9.17, 15) is 14.4 Å². The van der Waals surface area contributed by atoms with E-state index in [4.69, 9.17) is 9.47 Å². The van der Waals surface area contributed by atoms with Crippen LogP contribution in [-0.4, -0.2) is 30.9 Å². The van der Waals surface area contributed by atoms with E-state index in [1.54, 1.807) is 13.8 Å². The molecule has 3 aliphatic rings. The zero-order valence-corrected chi connectivity index (χ0v) is 13.0. The van der Waals surface area contributed by atoms with E-state index >= 15 is 0 Å². The van der Waals surface area contributed by atoms with E-state index in [0.717, 1.165) is 0 Å². The molecule has 116 valence electrons. The molecule has 0 amide bonds. The van der Waals surface area contributed by atoms with Crippen molar-refractivity contribution in [2.45, 2.75) is 40.5 Å². The summed E-state index contributed by atoms with van der Waals surface area (Å²) in [7, 11) is 0. The Labute approximate surface area is 124 Å². The fraction of sp³-hybridized carbons (Fsp3) is 0.688. The first-order chi connectivity index (χ1) is 9.83. The summed E-state index contributed by atoms with van der Waals surface area (Å²) < 4.78 is 10.2. The molecule has 0 aromatic heterocycles. The number of ketones is 1. The van der Waals surface area contributed by atoms with Gasteiger partial charge in [-0.2, -0.15) is 0 Å². The van der Waals surface area contributed by atoms with Crippen LogP contribution in [0.4, 0.5) is 0 Å². The van der Waals surface area contributed by atoms with Gasteiger partial charge in [-0.25, -0.2) is 9.59 Å². The van der Waals surface area contributed by atoms with Crippen molar-refractivity contribution < 1.29 is 23.9 Å². The highest BCUT2D eigenvalue weighted by Gasteiger charge is 2.54. The normalized spacial score (nSPS) is 26.8. The highest BCUT2D eigenvalue weighted by molar-refractivity contribution is 6.08. The second kappa shape index (κ2) is 5.62. The van der Waals surface area contributed by atoms with Crippen molar-refractivity contribution in [3.05, 3.63) is 11.1 Å². The standard InChI is InChI=1S/C16H22O5/c1-5-20-14(18)11-9-7-10(17)13(16(3,4)8-9)12(11)15(19)21-6-2/h9,13H,5-8H2,1-4H3. The van der Waals surface area contributed by atoms with Gasteiger partial charge in [0.2, 0.25) is 0 Å². The number of ether oxygens (including phenoxy) is 2. The van der Waals surface area contributed by atoms with Crippen LogP contribution in [0.15, 0.2) is 11.1 Å². The van der Waals surface area contributed by atoms with Crippen molar-refractivity contribution in [3.8, 4) is 0 Å². The number of hydrogen-bond donors (Lipinski definition) is 0. The molecule has 2 unspecified atom stereocenters. The average molecular weight is 294 g/mol. The minimum atomic E-state index is -0.569. The number of carbonyl (C=O) groups is 3. The lowest BCUT2D eigenvalue weighted by Gasteiger charge is -2.47. The predicted molar refractivity (Wildman–Crippen MR) is 75.3 cm³/mol. The third-order valence-electron chi connectivity index (χ3n) is 4.30. The van der Waals surface area contributed by atoms with Gasteiger partial charge in [-0.05, 0) is 31.6 Å². The van der Waals surface area contributed by atoms with E-state index in [2.05, 4.69) is 0 Å². The van der Waals surface area contributed by atoms with E-state index in [1.807, 2.05) is 13.8 Å². The third kappa shape index (κ3) is 2.61. The summed E-state index contributed by atoms with van der Waals surface area (Å²) in [5, 5.41) is 0. The van der Waals surface area contributed by atoms with Crippen molar-refractivity contribution in [2.75, 3.05) is 13.2 Å². The highest BCUT2D eigenvalue weighted by atomic mass is 16.5. The molecule has 0 radical (unpaired) electrons. The number of carbonyl (C=O) groups excluding carboxylic acids is 3. The van der Waals surface area contributed by atoms with Crippen molar-refractivity contribution in [3.63, 3.8) is 0 Å². The van der Waals surface area contributed by atoms with Crippen LogP contribution in [0.1, 0.15) is 40.5 Å². The first kappa shape index (κ1) is 15.7. The maximum absolute atomic E-state index is 12.3. The molecule has 0 N–H and O–H groups in total. The molecule has 0 heterocycles. The lowest BCUT2D eigenvalue weighted by atomic mass is 9.55. The Morgan fingerprint density at radius 1 is 1.10 bits per heavy atom. The molecular weight excluding hydrogens is 272 g/mol. The van der Waals surface area contributed by atoms with Crippen LogP contribution in [-0.2, 0) is 23.9 Å². The van der Waals surface area contributed by atoms with Crippen LogP contribution in [0.2, 0.25) is 0 Å². The Balaban J connectivity index is 2.55. The zero-order valence-electron chi connectivity index (χ0n) is 13.0. The summed E-state index contributed by atoms with van der Waals surface area (Å²) in [6.45, 7) is 7.80. The van der Waals surface area contributed by atoms with Crippen LogP contribution in [0.3, 0.4) is 0 Å². The molecule has 5 heteroatoms. The molecule has 1 saturated carbocycles. The number of Topliss-reactive ketones (excluding diaryl/α,β-unsaturated/α-hetero) is 1. The van der Waals surface area contributed by atoms with E-state index in [1.165, 1.54) is 0 Å². The number of esters is 2. The molecule has 5 nitrogen and oxygen atoms in total. The Morgan fingerprint density at radius 3 is 2.10 bits per heavy atom. The van der Waals surface area contributed by atoms with Crippen LogP contribution in [0, 0.1) is 17.3 Å². The molecule has 3 rings (SSSR count). The number of fused-ring (bicyclic) bond motifs is 2. The maximum Gasteiger partial charge on any atom is 0.335 e. The number of rotatable bonds is 4. The fourth-order valence-corrected chi connectivity index (χ4v) is 3.67. The molecule has 0 saturated heterocycles. The van der Waals surface area contributed by atoms with Crippen LogP contribution in [0.25, 0.3) is 0 Å². The van der Waals surface area contributed by atoms with Crippen molar-refractivity contribution in [1.29, 1.82) is 0 Å². The average Bonchev–Trinajstić information content (AvgIpc) is 2.36. The van der Waals surface area contributed by atoms with Gasteiger partial charge >= 0.3 is 11.9 Å². The Morgan fingerprint density at radius 2 is 1.62 bits per heavy atom. The van der Waals surface area contributed by atoms with Gasteiger partial charge in [-0.15, -0.1) is 0 Å². The summed E-state index contributed by atoms with van der Waals surface area (Å²) in [6, 6.07) is 0. The van der Waals surface area contributed by atoms with Gasteiger partial charge in [0.15, 0.2) is 0 Å². The molecule has 2 bridgehead atoms. The van der Waals surface area contributed by atoms with Gasteiger partial charge in [0.05, 0.1) is 30.3 Å². The molecule has 0 aromatic rings. The SMILES string of the molecule is CCOC(=O)C1=C(C(=O)OCC)C2C(=O)CC1CC2(C)C. The first-order valence-corrected chi connectivity index (χ1v) is 7.44. The second-order valence-electron chi connectivity index (χ2n) is 6.26. The van der Waals surface area contributed by atoms with Crippen molar-refractivity contribution >= 4 is 17.7 Å². The second-order valence-corrected chi connectivity index (χ2v) is 6.26. The molecular formula is C16H22O5. The Hall–Kier alpha value is -1.65. The van der Waals surface area contributed by atoms with E-state index in [0.29, 0.717) is 18.4 Å². The van der Waals surface area contributed by atoms with Crippen LogP contribution >= 0.6 is 0 Å². The Kier molecular flexibility index (Phi) is 4.21. The van der Waals surface area contributed by atoms with Gasteiger partial charge in [0.1, 0.15) is 5.78 Å². The minimum Gasteiger partial charge on any atom is -0.463 e. The first-order valence-electron chi connectivity index (χ1n) is 7.44. The quantitative estimate of drug-likeness (QED) is 0.742. The summed E-state index contributed by atoms with van der Waals surface area (Å²) >= 11 is 0. The van der Waals surface area contributed by atoms with Crippen molar-refractivity contribution in [1.82, 2.24) is 0 Å². The minimum absolute atomic E-state index is 0.0207. The molecule has 0 aromatic carbocycles. The van der Waals surface area contributed by atoms with Crippen molar-refractivity contribution in [2.24, 2.45) is 17.3 Å². The molecule has 0 spiro atoms. The smallest absolute Gasteiger partial charge is 0.335 e. The predicted octanol–water partition coefficient (Wildman–Crippen LogP) is 2.04. The number of hydrogen-bond acceptors (Lipinski definition) is 5. The lowest BCUT2D eigenvalue weighted by Crippen LogP contribution is -2.49. The largest absolute Gasteiger partial charge is 0.463 e. The van der Waals surface area contributed by atoms with Gasteiger partial charge in [0.25, 0.3) is 0 Å². The van der Waals surface area contributed by atoms with Crippen LogP contribution < -0.4 is 0 Å². The summed E-state index contributed by atoms with van der Waals surface area (Å²) in [5.41, 5.74) is 0.255. The summed E-state index contributed by atoms with van der Waals surface area (Å²) in [5.74, 6) is -1.83. The van der Waals surface area contributed by atoms with Gasteiger partial charge in [-0.1, -0.05) is 13.8 Å². The highest BCUT2D eigenvalue weighted by Crippen LogP contribution is 2.53. The molecule has 0 aliphatic heterocycles. The summed E-state index contributed by atoms with van der Waals surface area (Å²) in [4.78, 5) is 36.8. The Bertz CT molecular complexity index is 515. The lowest BCUT2D eigenvalue weighted by molar-refractivity contribution is -0.148. The van der Waals surface area contributed by atoms with Gasteiger partial charge in [0, 0.05) is 6.42 Å². The van der Waals surface area contributed by atoms with Gasteiger partial charge < -0.3 is 9.47 Å². The molecule has 2 atom stereocenters. The summed E-state index contributed by atoms with van der Waals surface area (Å²) in [6.07, 6.45) is 1.02. The van der Waals surface area contributed by atoms with Crippen LogP contribution in [0.5, 0.6) is 0 Å². The van der Waals surface area contributed by atoms with E-state index in [-0.39, 0.29) is 35.9 Å². The van der Waals surface area contributed by atoms with E-state index < -0.39 is 17.9 Å². The maximum atomic E-state index is 12.3. The molecule has 1 fully saturated rings. The topological polar surface area (TPSA) is 69.7 Å². The molecule has 3 aliphatic carbocycles. The molecule has 21 heavy (non-hydrogen) atoms.